The number of carbonyl (C=O) groups excluding carboxylic acids is 2. The lowest BCUT2D eigenvalue weighted by molar-refractivity contribution is 0.0903. The van der Waals surface area contributed by atoms with Gasteiger partial charge in [-0.05, 0) is 61.4 Å². The van der Waals surface area contributed by atoms with Gasteiger partial charge in [0.2, 0.25) is 0 Å². The zero-order valence-electron chi connectivity index (χ0n) is 19.2. The smallest absolute Gasteiger partial charge is 0.273 e. The normalized spacial score (nSPS) is 17.2. The molecule has 3 aromatic rings. The van der Waals surface area contributed by atoms with Gasteiger partial charge in [-0.2, -0.15) is 0 Å². The third-order valence-corrected chi connectivity index (χ3v) is 6.81. The van der Waals surface area contributed by atoms with E-state index in [1.807, 2.05) is 36.4 Å². The minimum absolute atomic E-state index is 0.160. The second-order valence-electron chi connectivity index (χ2n) is 9.37. The van der Waals surface area contributed by atoms with Crippen molar-refractivity contribution >= 4 is 11.8 Å². The van der Waals surface area contributed by atoms with Crippen LogP contribution >= 0.6 is 0 Å². The topological polar surface area (TPSA) is 97.1 Å². The summed E-state index contributed by atoms with van der Waals surface area (Å²) in [5.74, 6) is 1.14. The van der Waals surface area contributed by atoms with Crippen LogP contribution in [0.3, 0.4) is 0 Å². The van der Waals surface area contributed by atoms with E-state index in [0.717, 1.165) is 55.5 Å². The van der Waals surface area contributed by atoms with E-state index in [1.165, 1.54) is 6.42 Å². The molecule has 1 aromatic carbocycles. The first kappa shape index (κ1) is 22.3. The predicted octanol–water partition coefficient (Wildman–Crippen LogP) is 4.93. The molecule has 2 aliphatic carbocycles. The van der Waals surface area contributed by atoms with E-state index in [9.17, 15) is 9.59 Å². The zero-order valence-corrected chi connectivity index (χ0v) is 19.2. The largest absolute Gasteiger partial charge is 0.360 e. The van der Waals surface area contributed by atoms with Gasteiger partial charge in [0.1, 0.15) is 5.76 Å². The zero-order chi connectivity index (χ0) is 23.3. The molecule has 2 N–H and O–H groups in total. The maximum absolute atomic E-state index is 13.1. The van der Waals surface area contributed by atoms with Crippen molar-refractivity contribution in [3.8, 4) is 0 Å². The molecule has 0 saturated heterocycles. The van der Waals surface area contributed by atoms with Crippen LogP contribution in [-0.2, 0) is 6.54 Å². The van der Waals surface area contributed by atoms with E-state index >= 15 is 0 Å². The maximum atomic E-state index is 13.1. The number of rotatable bonds is 8. The Bertz CT molecular complexity index is 1130. The molecule has 0 aliphatic heterocycles. The Balaban J connectivity index is 1.33. The van der Waals surface area contributed by atoms with E-state index in [-0.39, 0.29) is 17.9 Å². The van der Waals surface area contributed by atoms with Crippen molar-refractivity contribution < 1.29 is 14.1 Å². The molecule has 2 aliphatic rings. The minimum Gasteiger partial charge on any atom is -0.360 e. The summed E-state index contributed by atoms with van der Waals surface area (Å²) in [4.78, 5) is 30.2. The van der Waals surface area contributed by atoms with E-state index in [4.69, 9.17) is 4.52 Å². The molecule has 176 valence electrons. The van der Waals surface area contributed by atoms with Crippen molar-refractivity contribution in [2.75, 3.05) is 0 Å². The van der Waals surface area contributed by atoms with Crippen LogP contribution in [0.2, 0.25) is 0 Å². The molecule has 7 nitrogen and oxygen atoms in total. The third kappa shape index (κ3) is 5.35. The Hall–Kier alpha value is -3.48. The Morgan fingerprint density at radius 1 is 0.971 bits per heavy atom. The minimum atomic E-state index is -0.226. The molecule has 5 rings (SSSR count). The number of aromatic nitrogens is 2. The molecular weight excluding hydrogens is 428 g/mol. The molecule has 0 spiro atoms. The van der Waals surface area contributed by atoms with E-state index in [2.05, 4.69) is 20.8 Å². The highest BCUT2D eigenvalue weighted by Crippen LogP contribution is 2.40. The number of nitrogens with one attached hydrogen (secondary N) is 2. The van der Waals surface area contributed by atoms with E-state index in [1.54, 1.807) is 18.3 Å². The summed E-state index contributed by atoms with van der Waals surface area (Å²) in [6.07, 6.45) is 9.52. The molecule has 1 unspecified atom stereocenters. The molecule has 1 atom stereocenters. The highest BCUT2D eigenvalue weighted by molar-refractivity contribution is 5.94. The SMILES string of the molecule is O=C(NCc1ccccn1)c1cccc(C(NC(=O)c2cc(C3CC3)on2)C2CCCCC2)c1. The van der Waals surface area contributed by atoms with Gasteiger partial charge in [0, 0.05) is 23.7 Å². The molecular formula is C27H30N4O3. The number of hydrogen-bond acceptors (Lipinski definition) is 5. The van der Waals surface area contributed by atoms with Gasteiger partial charge in [0.15, 0.2) is 5.69 Å². The number of hydrogen-bond donors (Lipinski definition) is 2. The van der Waals surface area contributed by atoms with Crippen molar-refractivity contribution in [1.29, 1.82) is 0 Å². The summed E-state index contributed by atoms with van der Waals surface area (Å²) < 4.78 is 5.39. The van der Waals surface area contributed by atoms with Crippen LogP contribution in [0, 0.1) is 5.92 Å². The highest BCUT2D eigenvalue weighted by Gasteiger charge is 2.31. The molecule has 2 fully saturated rings. The maximum Gasteiger partial charge on any atom is 0.273 e. The summed E-state index contributed by atoms with van der Waals surface area (Å²) >= 11 is 0. The summed E-state index contributed by atoms with van der Waals surface area (Å²) in [6.45, 7) is 0.363. The fourth-order valence-electron chi connectivity index (χ4n) is 4.76. The first-order valence-corrected chi connectivity index (χ1v) is 12.2. The summed E-state index contributed by atoms with van der Waals surface area (Å²) in [6, 6.07) is 14.8. The number of nitrogens with zero attached hydrogens (tertiary/aromatic N) is 2. The molecule has 2 amide bonds. The van der Waals surface area contributed by atoms with Crippen molar-refractivity contribution in [3.63, 3.8) is 0 Å². The quantitative estimate of drug-likeness (QED) is 0.499. The molecule has 2 saturated carbocycles. The molecule has 0 radical (unpaired) electrons. The molecule has 34 heavy (non-hydrogen) atoms. The number of benzene rings is 1. The molecule has 2 heterocycles. The van der Waals surface area contributed by atoms with Gasteiger partial charge in [-0.1, -0.05) is 42.6 Å². The van der Waals surface area contributed by atoms with Gasteiger partial charge < -0.3 is 15.2 Å². The lowest BCUT2D eigenvalue weighted by Crippen LogP contribution is -2.35. The summed E-state index contributed by atoms with van der Waals surface area (Å²) in [7, 11) is 0. The monoisotopic (exact) mass is 458 g/mol. The lowest BCUT2D eigenvalue weighted by Gasteiger charge is -2.31. The van der Waals surface area contributed by atoms with E-state index in [0.29, 0.717) is 29.6 Å². The molecule has 2 aromatic heterocycles. The van der Waals surface area contributed by atoms with E-state index < -0.39 is 0 Å². The second-order valence-corrected chi connectivity index (χ2v) is 9.37. The van der Waals surface area contributed by atoms with Crippen molar-refractivity contribution in [3.05, 3.63) is 83.0 Å². The van der Waals surface area contributed by atoms with Gasteiger partial charge in [0.05, 0.1) is 18.3 Å². The number of pyridine rings is 1. The first-order chi connectivity index (χ1) is 16.7. The average molecular weight is 459 g/mol. The third-order valence-electron chi connectivity index (χ3n) is 6.81. The van der Waals surface area contributed by atoms with Crippen LogP contribution in [0.5, 0.6) is 0 Å². The highest BCUT2D eigenvalue weighted by atomic mass is 16.5. The number of carbonyl (C=O) groups is 2. The first-order valence-electron chi connectivity index (χ1n) is 12.2. The van der Waals surface area contributed by atoms with Crippen molar-refractivity contribution in [2.24, 2.45) is 5.92 Å². The van der Waals surface area contributed by atoms with Crippen LogP contribution in [0.15, 0.2) is 59.3 Å². The van der Waals surface area contributed by atoms with Gasteiger partial charge in [-0.25, -0.2) is 0 Å². The van der Waals surface area contributed by atoms with Crippen LogP contribution in [0.1, 0.15) is 94.8 Å². The molecule has 7 heteroatoms. The van der Waals surface area contributed by atoms with Crippen molar-refractivity contribution in [1.82, 2.24) is 20.8 Å². The van der Waals surface area contributed by atoms with Gasteiger partial charge in [-0.3, -0.25) is 14.6 Å². The molecule has 0 bridgehead atoms. The summed E-state index contributed by atoms with van der Waals surface area (Å²) in [5, 5.41) is 10.2. The Labute approximate surface area is 199 Å². The van der Waals surface area contributed by atoms with Crippen LogP contribution in [0.4, 0.5) is 0 Å². The van der Waals surface area contributed by atoms with Gasteiger partial charge in [0.25, 0.3) is 11.8 Å². The summed E-state index contributed by atoms with van der Waals surface area (Å²) in [5.41, 5.74) is 2.64. The average Bonchev–Trinajstić information content (AvgIpc) is 3.63. The Kier molecular flexibility index (Phi) is 6.70. The standard InChI is InChI=1S/C27H30N4O3/c32-26(29-17-22-11-4-5-14-28-22)21-10-6-9-20(15-21)25(19-7-2-1-3-8-19)30-27(33)23-16-24(34-31-23)18-12-13-18/h4-6,9-11,14-16,18-19,25H,1-3,7-8,12-13,17H2,(H,29,32)(H,30,33). The van der Waals surface area contributed by atoms with Crippen molar-refractivity contribution in [2.45, 2.75) is 63.5 Å². The number of amides is 2. The Morgan fingerprint density at radius 2 is 1.82 bits per heavy atom. The fourth-order valence-corrected chi connectivity index (χ4v) is 4.76. The fraction of sp³-hybridized carbons (Fsp3) is 0.407. The predicted molar refractivity (Wildman–Crippen MR) is 127 cm³/mol. The second kappa shape index (κ2) is 10.2. The van der Waals surface area contributed by atoms with Crippen LogP contribution in [0.25, 0.3) is 0 Å². The van der Waals surface area contributed by atoms with Gasteiger partial charge >= 0.3 is 0 Å². The van der Waals surface area contributed by atoms with Crippen LogP contribution in [-0.4, -0.2) is 22.0 Å². The lowest BCUT2D eigenvalue weighted by atomic mass is 9.80. The van der Waals surface area contributed by atoms with Gasteiger partial charge in [-0.15, -0.1) is 0 Å². The van der Waals surface area contributed by atoms with Crippen LogP contribution < -0.4 is 10.6 Å². The Morgan fingerprint density at radius 3 is 2.59 bits per heavy atom.